The number of hydrogen-bond donors (Lipinski definition) is 2. The number of methoxy groups -OCH3 is 1. The maximum absolute atomic E-state index is 9.49. The van der Waals surface area contributed by atoms with E-state index in [1.807, 2.05) is 13.8 Å². The van der Waals surface area contributed by atoms with E-state index in [0.717, 1.165) is 6.54 Å². The van der Waals surface area contributed by atoms with Crippen molar-refractivity contribution in [2.24, 2.45) is 0 Å². The Bertz CT molecular complexity index is 144. The van der Waals surface area contributed by atoms with Gasteiger partial charge in [0.25, 0.3) is 0 Å². The van der Waals surface area contributed by atoms with Gasteiger partial charge < -0.3 is 24.6 Å². The molecule has 5 heteroatoms. The molecule has 2 N–H and O–H groups in total. The number of rotatable bonds is 11. The molecule has 0 aromatic rings. The highest BCUT2D eigenvalue weighted by Crippen LogP contribution is 1.90. The van der Waals surface area contributed by atoms with Crippen LogP contribution in [0.2, 0.25) is 0 Å². The van der Waals surface area contributed by atoms with Gasteiger partial charge in [0.1, 0.15) is 0 Å². The van der Waals surface area contributed by atoms with Crippen molar-refractivity contribution >= 4 is 0 Å². The van der Waals surface area contributed by atoms with Gasteiger partial charge in [0, 0.05) is 20.2 Å². The third-order valence-electron chi connectivity index (χ3n) is 1.86. The molecule has 0 amide bonds. The van der Waals surface area contributed by atoms with E-state index in [1.165, 1.54) is 0 Å². The molecule has 0 radical (unpaired) electrons. The van der Waals surface area contributed by atoms with Crippen molar-refractivity contribution in [3.8, 4) is 0 Å². The van der Waals surface area contributed by atoms with Crippen LogP contribution in [0, 0.1) is 0 Å². The van der Waals surface area contributed by atoms with Crippen molar-refractivity contribution in [2.75, 3.05) is 46.6 Å². The van der Waals surface area contributed by atoms with E-state index in [-0.39, 0.29) is 6.10 Å². The van der Waals surface area contributed by atoms with Gasteiger partial charge in [0.2, 0.25) is 0 Å². The second-order valence-corrected chi connectivity index (χ2v) is 3.85. The summed E-state index contributed by atoms with van der Waals surface area (Å²) in [5, 5.41) is 12.6. The number of hydrogen-bond acceptors (Lipinski definition) is 5. The molecule has 0 saturated carbocycles. The molecule has 0 bridgehead atoms. The van der Waals surface area contributed by atoms with Gasteiger partial charge in [-0.15, -0.1) is 0 Å². The fraction of sp³-hybridized carbons (Fsp3) is 1.00. The Hall–Kier alpha value is -0.200. The highest BCUT2D eigenvalue weighted by atomic mass is 16.5. The first-order chi connectivity index (χ1) is 7.66. The van der Waals surface area contributed by atoms with Crippen molar-refractivity contribution in [1.29, 1.82) is 0 Å². The van der Waals surface area contributed by atoms with Crippen LogP contribution in [0.4, 0.5) is 0 Å². The van der Waals surface area contributed by atoms with E-state index in [0.29, 0.717) is 33.0 Å². The molecule has 0 aliphatic heterocycles. The maximum atomic E-state index is 9.49. The Labute approximate surface area is 98.1 Å². The summed E-state index contributed by atoms with van der Waals surface area (Å²) >= 11 is 0. The van der Waals surface area contributed by atoms with Crippen molar-refractivity contribution in [2.45, 2.75) is 26.1 Å². The highest BCUT2D eigenvalue weighted by molar-refractivity contribution is 4.58. The largest absolute Gasteiger partial charge is 0.389 e. The SMILES string of the molecule is COCCOCCNCC(O)COC(C)C. The predicted molar refractivity (Wildman–Crippen MR) is 62.7 cm³/mol. The summed E-state index contributed by atoms with van der Waals surface area (Å²) in [6.45, 7) is 7.37. The fourth-order valence-electron chi connectivity index (χ4n) is 1.02. The Balaban J connectivity index is 3.12. The minimum absolute atomic E-state index is 0.159. The summed E-state index contributed by atoms with van der Waals surface area (Å²) in [5.74, 6) is 0. The van der Waals surface area contributed by atoms with Gasteiger partial charge in [-0.3, -0.25) is 0 Å². The van der Waals surface area contributed by atoms with Crippen LogP contribution in [-0.4, -0.2) is 63.9 Å². The van der Waals surface area contributed by atoms with E-state index in [2.05, 4.69) is 5.32 Å². The minimum atomic E-state index is -0.457. The number of aliphatic hydroxyl groups is 1. The molecule has 0 aromatic carbocycles. The molecule has 98 valence electrons. The summed E-state index contributed by atoms with van der Waals surface area (Å²) < 4.78 is 15.4. The molecular formula is C11H25NO4. The predicted octanol–water partition coefficient (Wildman–Crippen LogP) is 0.0249. The van der Waals surface area contributed by atoms with Crippen LogP contribution in [0.1, 0.15) is 13.8 Å². The van der Waals surface area contributed by atoms with E-state index < -0.39 is 6.10 Å². The summed E-state index contributed by atoms with van der Waals surface area (Å²) in [5.41, 5.74) is 0. The summed E-state index contributed by atoms with van der Waals surface area (Å²) in [6, 6.07) is 0. The lowest BCUT2D eigenvalue weighted by atomic mass is 10.3. The maximum Gasteiger partial charge on any atom is 0.0897 e. The van der Waals surface area contributed by atoms with Gasteiger partial charge in [0.15, 0.2) is 0 Å². The Morgan fingerprint density at radius 1 is 1.19 bits per heavy atom. The van der Waals surface area contributed by atoms with Gasteiger partial charge in [-0.2, -0.15) is 0 Å². The Morgan fingerprint density at radius 2 is 1.94 bits per heavy atom. The second-order valence-electron chi connectivity index (χ2n) is 3.85. The number of aliphatic hydroxyl groups excluding tert-OH is 1. The molecule has 0 heterocycles. The lowest BCUT2D eigenvalue weighted by Crippen LogP contribution is -2.33. The third-order valence-corrected chi connectivity index (χ3v) is 1.86. The van der Waals surface area contributed by atoms with Gasteiger partial charge in [-0.1, -0.05) is 0 Å². The molecule has 0 spiro atoms. The molecule has 5 nitrogen and oxygen atoms in total. The smallest absolute Gasteiger partial charge is 0.0897 e. The zero-order valence-electron chi connectivity index (χ0n) is 10.6. The van der Waals surface area contributed by atoms with Gasteiger partial charge in [0.05, 0.1) is 38.6 Å². The summed E-state index contributed by atoms with van der Waals surface area (Å²) in [7, 11) is 1.65. The first-order valence-corrected chi connectivity index (χ1v) is 5.74. The van der Waals surface area contributed by atoms with Crippen molar-refractivity contribution in [1.82, 2.24) is 5.32 Å². The van der Waals surface area contributed by atoms with Gasteiger partial charge >= 0.3 is 0 Å². The number of ether oxygens (including phenoxy) is 3. The van der Waals surface area contributed by atoms with Crippen LogP contribution in [0.15, 0.2) is 0 Å². The van der Waals surface area contributed by atoms with Crippen LogP contribution < -0.4 is 5.32 Å². The lowest BCUT2D eigenvalue weighted by Gasteiger charge is -2.14. The zero-order chi connectivity index (χ0) is 12.2. The normalized spacial score (nSPS) is 13.3. The van der Waals surface area contributed by atoms with Crippen molar-refractivity contribution < 1.29 is 19.3 Å². The molecule has 1 atom stereocenters. The number of nitrogens with one attached hydrogen (secondary N) is 1. The van der Waals surface area contributed by atoms with Crippen LogP contribution >= 0.6 is 0 Å². The second kappa shape index (κ2) is 11.3. The topological polar surface area (TPSA) is 60.0 Å². The molecule has 1 unspecified atom stereocenters. The average Bonchev–Trinajstić information content (AvgIpc) is 2.25. The third kappa shape index (κ3) is 11.9. The molecule has 0 aliphatic carbocycles. The molecule has 0 aliphatic rings. The quantitative estimate of drug-likeness (QED) is 0.495. The van der Waals surface area contributed by atoms with Crippen LogP contribution in [-0.2, 0) is 14.2 Å². The lowest BCUT2D eigenvalue weighted by molar-refractivity contribution is 0.00538. The van der Waals surface area contributed by atoms with Crippen LogP contribution in [0.5, 0.6) is 0 Å². The van der Waals surface area contributed by atoms with E-state index in [9.17, 15) is 5.11 Å². The van der Waals surface area contributed by atoms with Crippen LogP contribution in [0.25, 0.3) is 0 Å². The summed E-state index contributed by atoms with van der Waals surface area (Å²) in [4.78, 5) is 0. The zero-order valence-corrected chi connectivity index (χ0v) is 10.6. The van der Waals surface area contributed by atoms with Crippen molar-refractivity contribution in [3.63, 3.8) is 0 Å². The molecule has 0 aromatic heterocycles. The van der Waals surface area contributed by atoms with E-state index >= 15 is 0 Å². The molecule has 0 rings (SSSR count). The van der Waals surface area contributed by atoms with E-state index in [4.69, 9.17) is 14.2 Å². The first kappa shape index (κ1) is 15.8. The van der Waals surface area contributed by atoms with Crippen LogP contribution in [0.3, 0.4) is 0 Å². The summed E-state index contributed by atoms with van der Waals surface area (Å²) in [6.07, 6.45) is -0.298. The van der Waals surface area contributed by atoms with E-state index in [1.54, 1.807) is 7.11 Å². The average molecular weight is 235 g/mol. The van der Waals surface area contributed by atoms with Gasteiger partial charge in [-0.05, 0) is 13.8 Å². The monoisotopic (exact) mass is 235 g/mol. The Morgan fingerprint density at radius 3 is 2.56 bits per heavy atom. The molecular weight excluding hydrogens is 210 g/mol. The fourth-order valence-corrected chi connectivity index (χ4v) is 1.02. The molecule has 0 saturated heterocycles. The standard InChI is InChI=1S/C11H25NO4/c1-10(2)16-9-11(13)8-12-4-5-15-7-6-14-3/h10-13H,4-9H2,1-3H3. The Kier molecular flexibility index (Phi) is 11.1. The molecule has 0 fully saturated rings. The van der Waals surface area contributed by atoms with Gasteiger partial charge in [-0.25, -0.2) is 0 Å². The first-order valence-electron chi connectivity index (χ1n) is 5.74. The highest BCUT2D eigenvalue weighted by Gasteiger charge is 2.04. The van der Waals surface area contributed by atoms with Crippen molar-refractivity contribution in [3.05, 3.63) is 0 Å². The minimum Gasteiger partial charge on any atom is -0.389 e. The molecule has 16 heavy (non-hydrogen) atoms.